The van der Waals surface area contributed by atoms with Gasteiger partial charge >= 0.3 is 12.1 Å². The van der Waals surface area contributed by atoms with Gasteiger partial charge in [-0.2, -0.15) is 0 Å². The summed E-state index contributed by atoms with van der Waals surface area (Å²) in [5, 5.41) is 26.1. The van der Waals surface area contributed by atoms with Crippen LogP contribution in [-0.4, -0.2) is 64.4 Å². The molecule has 3 rings (SSSR count). The van der Waals surface area contributed by atoms with E-state index in [9.17, 15) is 29.4 Å². The van der Waals surface area contributed by atoms with Crippen molar-refractivity contribution in [1.29, 1.82) is 0 Å². The molecule has 0 unspecified atom stereocenters. The van der Waals surface area contributed by atoms with E-state index in [2.05, 4.69) is 10.6 Å². The van der Waals surface area contributed by atoms with Gasteiger partial charge in [0.15, 0.2) is 0 Å². The van der Waals surface area contributed by atoms with Crippen LogP contribution in [0.25, 0.3) is 0 Å². The smallest absolute Gasteiger partial charge is 0.407 e. The van der Waals surface area contributed by atoms with Crippen molar-refractivity contribution >= 4 is 29.6 Å². The van der Waals surface area contributed by atoms with Crippen LogP contribution in [0.4, 0.5) is 10.5 Å². The maximum Gasteiger partial charge on any atom is 0.407 e. The summed E-state index contributed by atoms with van der Waals surface area (Å²) >= 11 is 0. The monoisotopic (exact) mass is 559 g/mol. The van der Waals surface area contributed by atoms with E-state index >= 15 is 0 Å². The van der Waals surface area contributed by atoms with E-state index in [-0.39, 0.29) is 43.0 Å². The number of aliphatic carboxylic acids is 1. The number of ether oxygens (including phenoxy) is 1. The number of carbonyl (C=O) groups is 4. The Morgan fingerprint density at radius 1 is 1.10 bits per heavy atom. The topological polar surface area (TPSA) is 145 Å². The average molecular weight is 560 g/mol. The van der Waals surface area contributed by atoms with E-state index in [0.29, 0.717) is 13.0 Å². The molecule has 1 aromatic carbocycles. The van der Waals surface area contributed by atoms with E-state index in [4.69, 9.17) is 4.74 Å². The van der Waals surface area contributed by atoms with Gasteiger partial charge < -0.3 is 30.5 Å². The zero-order chi connectivity index (χ0) is 29.8. The lowest BCUT2D eigenvalue weighted by atomic mass is 9.79. The van der Waals surface area contributed by atoms with Gasteiger partial charge in [-0.25, -0.2) is 4.79 Å². The number of carboxylic acids is 1. The van der Waals surface area contributed by atoms with Crippen molar-refractivity contribution in [3.63, 3.8) is 0 Å². The lowest BCUT2D eigenvalue weighted by Crippen LogP contribution is -2.52. The van der Waals surface area contributed by atoms with E-state index in [1.807, 2.05) is 38.1 Å². The number of carboxylic acid groups (broad SMARTS) is 1. The summed E-state index contributed by atoms with van der Waals surface area (Å²) in [6, 6.07) is 6.66. The number of nitrogens with one attached hydrogen (secondary N) is 2. The predicted octanol–water partition coefficient (Wildman–Crippen LogP) is 3.64. The number of alkyl carbamates (subject to hydrolysis) is 1. The molecule has 222 valence electrons. The summed E-state index contributed by atoms with van der Waals surface area (Å²) in [4.78, 5) is 51.9. The Morgan fingerprint density at radius 2 is 1.75 bits per heavy atom. The maximum absolute atomic E-state index is 13.7. The number of carbonyl (C=O) groups excluding carboxylic acids is 3. The molecule has 40 heavy (non-hydrogen) atoms. The Kier molecular flexibility index (Phi) is 9.87. The van der Waals surface area contributed by atoms with Gasteiger partial charge in [-0.1, -0.05) is 39.0 Å². The molecular formula is C30H45N3O7. The highest BCUT2D eigenvalue weighted by atomic mass is 16.6. The molecule has 4 atom stereocenters. The van der Waals surface area contributed by atoms with Crippen LogP contribution in [0.1, 0.15) is 79.2 Å². The molecule has 10 nitrogen and oxygen atoms in total. The van der Waals surface area contributed by atoms with Crippen molar-refractivity contribution in [3.8, 4) is 0 Å². The molecule has 1 saturated carbocycles. The summed E-state index contributed by atoms with van der Waals surface area (Å²) in [7, 11) is 0. The molecule has 0 spiro atoms. The minimum Gasteiger partial charge on any atom is -0.481 e. The van der Waals surface area contributed by atoms with Gasteiger partial charge in [-0.3, -0.25) is 14.4 Å². The zero-order valence-electron chi connectivity index (χ0n) is 24.5. The van der Waals surface area contributed by atoms with Crippen molar-refractivity contribution in [1.82, 2.24) is 10.6 Å². The van der Waals surface area contributed by atoms with E-state index in [0.717, 1.165) is 24.1 Å². The van der Waals surface area contributed by atoms with Gasteiger partial charge in [0.05, 0.1) is 24.1 Å². The van der Waals surface area contributed by atoms with Crippen LogP contribution in [-0.2, 0) is 25.5 Å². The maximum atomic E-state index is 13.7. The van der Waals surface area contributed by atoms with Crippen LogP contribution in [0, 0.1) is 17.3 Å². The number of para-hydroxylation sites is 1. The van der Waals surface area contributed by atoms with Gasteiger partial charge in [-0.15, -0.1) is 0 Å². The molecular weight excluding hydrogens is 514 g/mol. The minimum atomic E-state index is -1.16. The molecule has 0 bridgehead atoms. The lowest BCUT2D eigenvalue weighted by molar-refractivity contribution is -0.142. The minimum absolute atomic E-state index is 0.0396. The quantitative estimate of drug-likeness (QED) is 0.324. The molecule has 0 saturated heterocycles. The number of nitrogens with zero attached hydrogens (tertiary/aromatic N) is 1. The second-order valence-electron chi connectivity index (χ2n) is 13.2. The summed E-state index contributed by atoms with van der Waals surface area (Å²) in [5.41, 5.74) is 0.373. The SMILES string of the molecule is C[C@H](C[C@H](O)[C@H](CC(C)(C)CC(=O)N1C[C@H](NC(=O)C2CC2)Cc2ccccc21)NC(=O)OC(C)(C)C)C(=O)O. The Hall–Kier alpha value is -3.14. The Bertz CT molecular complexity index is 1090. The first kappa shape index (κ1) is 31.4. The van der Waals surface area contributed by atoms with Gasteiger partial charge in [-0.05, 0) is 69.9 Å². The third kappa shape index (κ3) is 9.21. The molecule has 2 aliphatic rings. The molecule has 0 radical (unpaired) electrons. The Balaban J connectivity index is 1.74. The number of aliphatic hydroxyl groups excluding tert-OH is 1. The standard InChI is InChI=1S/C30H45N3O7/c1-18(27(37)38)13-24(34)22(32-28(39)40-29(2,3)4)15-30(5,6)16-25(35)33-17-21(31-26(36)19-11-12-19)14-20-9-7-8-10-23(20)33/h7-10,18-19,21-22,24,34H,11-17H2,1-6H3,(H,31,36)(H,32,39)(H,37,38)/t18-,21-,22+,24+/m1/s1. The molecule has 1 aliphatic heterocycles. The van der Waals surface area contributed by atoms with Crippen LogP contribution in [0.15, 0.2) is 24.3 Å². The third-order valence-electron chi connectivity index (χ3n) is 7.33. The molecule has 1 fully saturated rings. The van der Waals surface area contributed by atoms with Crippen molar-refractivity contribution in [2.24, 2.45) is 17.3 Å². The van der Waals surface area contributed by atoms with Crippen LogP contribution in [0.5, 0.6) is 0 Å². The number of aliphatic hydroxyl groups is 1. The van der Waals surface area contributed by atoms with Crippen molar-refractivity contribution in [3.05, 3.63) is 29.8 Å². The normalized spacial score (nSPS) is 19.6. The largest absolute Gasteiger partial charge is 0.481 e. The molecule has 0 aromatic heterocycles. The highest BCUT2D eigenvalue weighted by Crippen LogP contribution is 2.34. The van der Waals surface area contributed by atoms with Gasteiger partial charge in [0.2, 0.25) is 11.8 Å². The molecule has 10 heteroatoms. The number of rotatable bonds is 11. The fourth-order valence-electron chi connectivity index (χ4n) is 5.13. The fourth-order valence-corrected chi connectivity index (χ4v) is 5.13. The fraction of sp³-hybridized carbons (Fsp3) is 0.667. The first-order chi connectivity index (χ1) is 18.5. The highest BCUT2D eigenvalue weighted by molar-refractivity contribution is 5.95. The van der Waals surface area contributed by atoms with Crippen LogP contribution < -0.4 is 15.5 Å². The summed E-state index contributed by atoms with van der Waals surface area (Å²) in [6.45, 7) is 10.8. The zero-order valence-corrected chi connectivity index (χ0v) is 24.5. The molecule has 1 aromatic rings. The first-order valence-corrected chi connectivity index (χ1v) is 14.1. The predicted molar refractivity (Wildman–Crippen MR) is 151 cm³/mol. The second kappa shape index (κ2) is 12.6. The molecule has 4 N–H and O–H groups in total. The molecule has 1 heterocycles. The van der Waals surface area contributed by atoms with Crippen molar-refractivity contribution < 1.29 is 34.1 Å². The molecule has 3 amide bonds. The number of benzene rings is 1. The number of amides is 3. The van der Waals surface area contributed by atoms with E-state index in [1.165, 1.54) is 6.92 Å². The number of hydrogen-bond donors (Lipinski definition) is 4. The first-order valence-electron chi connectivity index (χ1n) is 14.1. The average Bonchev–Trinajstić information content (AvgIpc) is 3.67. The summed E-state index contributed by atoms with van der Waals surface area (Å²) in [5.74, 6) is -1.89. The number of hydrogen-bond acceptors (Lipinski definition) is 6. The van der Waals surface area contributed by atoms with Gasteiger partial charge in [0.25, 0.3) is 0 Å². The summed E-state index contributed by atoms with van der Waals surface area (Å²) in [6.07, 6.45) is 0.829. The van der Waals surface area contributed by atoms with Crippen molar-refractivity contribution in [2.45, 2.75) is 104 Å². The van der Waals surface area contributed by atoms with Crippen molar-refractivity contribution in [2.75, 3.05) is 11.4 Å². The van der Waals surface area contributed by atoms with E-state index < -0.39 is 41.1 Å². The van der Waals surface area contributed by atoms with Crippen LogP contribution in [0.2, 0.25) is 0 Å². The van der Waals surface area contributed by atoms with Gasteiger partial charge in [0, 0.05) is 24.6 Å². The Labute approximate surface area is 236 Å². The van der Waals surface area contributed by atoms with Gasteiger partial charge in [0.1, 0.15) is 5.60 Å². The Morgan fingerprint density at radius 3 is 2.35 bits per heavy atom. The van der Waals surface area contributed by atoms with Crippen LogP contribution in [0.3, 0.4) is 0 Å². The number of anilines is 1. The number of fused-ring (bicyclic) bond motifs is 1. The second-order valence-corrected chi connectivity index (χ2v) is 13.2. The third-order valence-corrected chi connectivity index (χ3v) is 7.33. The summed E-state index contributed by atoms with van der Waals surface area (Å²) < 4.78 is 5.38. The highest BCUT2D eigenvalue weighted by Gasteiger charge is 2.38. The van der Waals surface area contributed by atoms with Crippen LogP contribution >= 0.6 is 0 Å². The van der Waals surface area contributed by atoms with E-state index in [1.54, 1.807) is 25.7 Å². The lowest BCUT2D eigenvalue weighted by Gasteiger charge is -2.38. The molecule has 1 aliphatic carbocycles.